The van der Waals surface area contributed by atoms with Gasteiger partial charge in [0.05, 0.1) is 30.7 Å². The van der Waals surface area contributed by atoms with Crippen molar-refractivity contribution in [1.29, 1.82) is 0 Å². The van der Waals surface area contributed by atoms with Gasteiger partial charge in [-0.25, -0.2) is 4.68 Å². The van der Waals surface area contributed by atoms with E-state index in [0.29, 0.717) is 11.6 Å². The van der Waals surface area contributed by atoms with Gasteiger partial charge in [0.15, 0.2) is 8.32 Å². The molecule has 0 N–H and O–H groups in total. The fourth-order valence-electron chi connectivity index (χ4n) is 2.38. The summed E-state index contributed by atoms with van der Waals surface area (Å²) in [6.07, 6.45) is 0.0644. The van der Waals surface area contributed by atoms with Crippen LogP contribution in [-0.2, 0) is 11.0 Å². The minimum atomic E-state index is -1.80. The Morgan fingerprint density at radius 3 is 2.52 bits per heavy atom. The predicted molar refractivity (Wildman–Crippen MR) is 99.0 cm³/mol. The van der Waals surface area contributed by atoms with E-state index >= 15 is 0 Å². The molecule has 0 bridgehead atoms. The Hall–Kier alpha value is -1.04. The predicted octanol–water partition coefficient (Wildman–Crippen LogP) is 5.11. The molecule has 0 spiro atoms. The van der Waals surface area contributed by atoms with Crippen LogP contribution in [0.15, 0.2) is 18.2 Å². The van der Waals surface area contributed by atoms with Gasteiger partial charge in [0.2, 0.25) is 5.88 Å². The summed E-state index contributed by atoms with van der Waals surface area (Å²) in [6.45, 7) is 14.0. The van der Waals surface area contributed by atoms with Gasteiger partial charge in [0.1, 0.15) is 0 Å². The van der Waals surface area contributed by atoms with Gasteiger partial charge < -0.3 is 9.16 Å². The summed E-state index contributed by atoms with van der Waals surface area (Å²) >= 11 is 6.06. The molecule has 0 aliphatic carbocycles. The molecule has 0 saturated heterocycles. The van der Waals surface area contributed by atoms with Gasteiger partial charge in [0, 0.05) is 5.02 Å². The second-order valence-corrected chi connectivity index (χ2v) is 12.7. The summed E-state index contributed by atoms with van der Waals surface area (Å²) in [5, 5.41) is 6.45. The Kier molecular flexibility index (Phi) is 5.14. The average Bonchev–Trinajstić information content (AvgIpc) is 2.72. The minimum absolute atomic E-state index is 0.0644. The molecule has 1 unspecified atom stereocenters. The summed E-state index contributed by atoms with van der Waals surface area (Å²) in [4.78, 5) is 0. The topological polar surface area (TPSA) is 36.3 Å². The number of halogens is 1. The van der Waals surface area contributed by atoms with Crippen molar-refractivity contribution in [2.75, 3.05) is 7.11 Å². The van der Waals surface area contributed by atoms with Crippen LogP contribution in [0.25, 0.3) is 10.9 Å². The lowest BCUT2D eigenvalue weighted by molar-refractivity contribution is 0.169. The van der Waals surface area contributed by atoms with E-state index in [9.17, 15) is 0 Å². The first-order valence-electron chi connectivity index (χ1n) is 7.93. The van der Waals surface area contributed by atoms with Crippen LogP contribution in [0.3, 0.4) is 0 Å². The van der Waals surface area contributed by atoms with Crippen LogP contribution < -0.4 is 4.74 Å². The summed E-state index contributed by atoms with van der Waals surface area (Å²) in [7, 11) is -0.133. The van der Waals surface area contributed by atoms with Crippen LogP contribution in [0, 0.1) is 0 Å². The third-order valence-electron chi connectivity index (χ3n) is 4.58. The SMILES string of the molecule is COc1c2ccc(Cl)cc2nn1CC(C)O[Si](C)(C)C(C)(C)C. The number of hydrogen-bond acceptors (Lipinski definition) is 3. The third kappa shape index (κ3) is 3.90. The Bertz CT molecular complexity index is 692. The number of methoxy groups -OCH3 is 1. The normalized spacial score (nSPS) is 14.3. The smallest absolute Gasteiger partial charge is 0.219 e. The summed E-state index contributed by atoms with van der Waals surface area (Å²) < 4.78 is 13.8. The van der Waals surface area contributed by atoms with E-state index in [1.54, 1.807) is 7.11 Å². The van der Waals surface area contributed by atoms with E-state index in [4.69, 9.17) is 20.8 Å². The molecule has 23 heavy (non-hydrogen) atoms. The van der Waals surface area contributed by atoms with Gasteiger partial charge in [-0.2, -0.15) is 5.10 Å². The summed E-state index contributed by atoms with van der Waals surface area (Å²) in [5.74, 6) is 0.752. The first-order valence-corrected chi connectivity index (χ1v) is 11.2. The molecule has 1 aromatic carbocycles. The average molecular weight is 355 g/mol. The molecular formula is C17H27ClN2O2Si. The van der Waals surface area contributed by atoms with Crippen LogP contribution in [0.4, 0.5) is 0 Å². The number of rotatable bonds is 5. The zero-order chi connectivity index (χ0) is 17.4. The van der Waals surface area contributed by atoms with E-state index in [-0.39, 0.29) is 11.1 Å². The maximum absolute atomic E-state index is 6.42. The molecule has 2 rings (SSSR count). The quantitative estimate of drug-likeness (QED) is 0.700. The highest BCUT2D eigenvalue weighted by atomic mass is 35.5. The fraction of sp³-hybridized carbons (Fsp3) is 0.588. The summed E-state index contributed by atoms with van der Waals surface area (Å²) in [6, 6.07) is 5.66. The van der Waals surface area contributed by atoms with E-state index in [2.05, 4.69) is 45.9 Å². The molecule has 4 nitrogen and oxygen atoms in total. The molecular weight excluding hydrogens is 328 g/mol. The van der Waals surface area contributed by atoms with Crippen molar-refractivity contribution in [3.63, 3.8) is 0 Å². The lowest BCUT2D eigenvalue weighted by Crippen LogP contribution is -2.44. The molecule has 0 aliphatic heterocycles. The fourth-order valence-corrected chi connectivity index (χ4v) is 3.98. The van der Waals surface area contributed by atoms with Crippen molar-refractivity contribution >= 4 is 30.8 Å². The highest BCUT2D eigenvalue weighted by Crippen LogP contribution is 2.37. The number of fused-ring (bicyclic) bond motifs is 1. The Morgan fingerprint density at radius 1 is 1.30 bits per heavy atom. The van der Waals surface area contributed by atoms with Gasteiger partial charge in [-0.3, -0.25) is 0 Å². The number of nitrogens with zero attached hydrogens (tertiary/aromatic N) is 2. The second-order valence-electron chi connectivity index (χ2n) is 7.54. The van der Waals surface area contributed by atoms with E-state index < -0.39 is 8.32 Å². The van der Waals surface area contributed by atoms with Crippen LogP contribution in [0.5, 0.6) is 5.88 Å². The van der Waals surface area contributed by atoms with Crippen LogP contribution in [-0.4, -0.2) is 31.3 Å². The Labute approximate surface area is 144 Å². The molecule has 1 atom stereocenters. The molecule has 0 fully saturated rings. The molecule has 6 heteroatoms. The van der Waals surface area contributed by atoms with Crippen molar-refractivity contribution in [2.24, 2.45) is 0 Å². The van der Waals surface area contributed by atoms with Crippen molar-refractivity contribution in [1.82, 2.24) is 9.78 Å². The van der Waals surface area contributed by atoms with Gasteiger partial charge in [-0.05, 0) is 43.3 Å². The largest absolute Gasteiger partial charge is 0.481 e. The molecule has 2 aromatic rings. The van der Waals surface area contributed by atoms with Crippen molar-refractivity contribution in [3.8, 4) is 5.88 Å². The standard InChI is InChI=1S/C17H27ClN2O2Si/c1-12(22-23(6,7)17(2,3)4)11-20-16(21-5)14-9-8-13(18)10-15(14)19-20/h8-10,12H,11H2,1-7H3. The Morgan fingerprint density at radius 2 is 1.96 bits per heavy atom. The monoisotopic (exact) mass is 354 g/mol. The number of aromatic nitrogens is 2. The van der Waals surface area contributed by atoms with Crippen molar-refractivity contribution in [3.05, 3.63) is 23.2 Å². The van der Waals surface area contributed by atoms with Crippen LogP contribution in [0.1, 0.15) is 27.7 Å². The van der Waals surface area contributed by atoms with Gasteiger partial charge in [-0.15, -0.1) is 0 Å². The highest BCUT2D eigenvalue weighted by molar-refractivity contribution is 6.74. The first-order chi connectivity index (χ1) is 10.5. The number of benzene rings is 1. The van der Waals surface area contributed by atoms with Gasteiger partial charge >= 0.3 is 0 Å². The van der Waals surface area contributed by atoms with Crippen molar-refractivity contribution < 1.29 is 9.16 Å². The molecule has 0 radical (unpaired) electrons. The number of hydrogen-bond donors (Lipinski definition) is 0. The molecule has 0 amide bonds. The van der Waals surface area contributed by atoms with E-state index in [1.807, 2.05) is 22.9 Å². The number of ether oxygens (including phenoxy) is 1. The highest BCUT2D eigenvalue weighted by Gasteiger charge is 2.38. The zero-order valence-corrected chi connectivity index (χ0v) is 16.9. The first kappa shape index (κ1) is 18.3. The third-order valence-corrected chi connectivity index (χ3v) is 9.42. The van der Waals surface area contributed by atoms with Gasteiger partial charge in [-0.1, -0.05) is 32.4 Å². The Balaban J connectivity index is 2.24. The minimum Gasteiger partial charge on any atom is -0.481 e. The van der Waals surface area contributed by atoms with Gasteiger partial charge in [0.25, 0.3) is 0 Å². The second kappa shape index (κ2) is 6.46. The van der Waals surface area contributed by atoms with E-state index in [1.165, 1.54) is 0 Å². The maximum atomic E-state index is 6.42. The molecule has 0 aliphatic rings. The van der Waals surface area contributed by atoms with Crippen molar-refractivity contribution in [2.45, 2.75) is 58.5 Å². The van der Waals surface area contributed by atoms with E-state index in [0.717, 1.165) is 16.8 Å². The lowest BCUT2D eigenvalue weighted by atomic mass is 10.2. The van der Waals surface area contributed by atoms with Crippen LogP contribution >= 0.6 is 11.6 Å². The molecule has 0 saturated carbocycles. The molecule has 128 valence electrons. The van der Waals surface area contributed by atoms with Crippen LogP contribution in [0.2, 0.25) is 23.2 Å². The molecule has 1 heterocycles. The zero-order valence-electron chi connectivity index (χ0n) is 15.1. The lowest BCUT2D eigenvalue weighted by Gasteiger charge is -2.38. The maximum Gasteiger partial charge on any atom is 0.219 e. The summed E-state index contributed by atoms with van der Waals surface area (Å²) in [5.41, 5.74) is 0.842. The molecule has 1 aromatic heterocycles.